The van der Waals surface area contributed by atoms with Crippen LogP contribution in [-0.2, 0) is 10.2 Å². The predicted molar refractivity (Wildman–Crippen MR) is 65.9 cm³/mol. The number of aliphatic carboxylic acids is 1. The highest BCUT2D eigenvalue weighted by atomic mass is 16.4. The Labute approximate surface area is 101 Å². The van der Waals surface area contributed by atoms with Crippen LogP contribution in [0.4, 0.5) is 0 Å². The summed E-state index contributed by atoms with van der Waals surface area (Å²) in [4.78, 5) is 19.5. The largest absolute Gasteiger partial charge is 0.481 e. The summed E-state index contributed by atoms with van der Waals surface area (Å²) in [7, 11) is 0. The molecular weight excluding hydrogens is 216 g/mol. The van der Waals surface area contributed by atoms with E-state index in [4.69, 9.17) is 5.11 Å². The van der Waals surface area contributed by atoms with Gasteiger partial charge in [0.15, 0.2) is 0 Å². The molecule has 0 fully saturated rings. The van der Waals surface area contributed by atoms with Crippen molar-refractivity contribution >= 4 is 5.97 Å². The van der Waals surface area contributed by atoms with Gasteiger partial charge in [0.2, 0.25) is 0 Å². The Morgan fingerprint density at radius 1 is 1.47 bits per heavy atom. The van der Waals surface area contributed by atoms with Crippen LogP contribution >= 0.6 is 0 Å². The minimum atomic E-state index is -0.878. The average molecular weight is 234 g/mol. The highest BCUT2D eigenvalue weighted by Crippen LogP contribution is 2.22. The lowest BCUT2D eigenvalue weighted by Crippen LogP contribution is -2.17. The molecule has 1 atom stereocenters. The minimum Gasteiger partial charge on any atom is -0.481 e. The number of carbonyl (C=O) groups is 1. The zero-order chi connectivity index (χ0) is 13.1. The second-order valence-corrected chi connectivity index (χ2v) is 5.01. The highest BCUT2D eigenvalue weighted by Gasteiger charge is 2.21. The van der Waals surface area contributed by atoms with E-state index in [0.29, 0.717) is 17.8 Å². The van der Waals surface area contributed by atoms with E-state index in [1.165, 1.54) is 0 Å². The van der Waals surface area contributed by atoms with Gasteiger partial charge < -0.3 is 5.11 Å². The summed E-state index contributed by atoms with van der Waals surface area (Å²) in [5.41, 5.74) is 0.487. The number of aromatic nitrogens is 2. The molecule has 92 valence electrons. The average Bonchev–Trinajstić information content (AvgIpc) is 2.24. The van der Waals surface area contributed by atoms with Crippen LogP contribution in [0, 0.1) is 0 Å². The molecular formula is C13H18N2O2. The number of carboxylic acids is 1. The third-order valence-corrected chi connectivity index (χ3v) is 2.45. The smallest absolute Gasteiger partial charge is 0.311 e. The molecule has 0 spiro atoms. The van der Waals surface area contributed by atoms with Crippen LogP contribution in [0.1, 0.15) is 44.5 Å². The van der Waals surface area contributed by atoms with E-state index in [0.717, 1.165) is 0 Å². The first-order valence-electron chi connectivity index (χ1n) is 5.52. The van der Waals surface area contributed by atoms with Crippen molar-refractivity contribution in [2.24, 2.45) is 0 Å². The van der Waals surface area contributed by atoms with Crippen LogP contribution in [-0.4, -0.2) is 21.0 Å². The van der Waals surface area contributed by atoms with Crippen LogP contribution in [0.15, 0.2) is 25.0 Å². The maximum absolute atomic E-state index is 11.1. The minimum absolute atomic E-state index is 0.129. The van der Waals surface area contributed by atoms with E-state index in [1.54, 1.807) is 18.5 Å². The van der Waals surface area contributed by atoms with Gasteiger partial charge in [-0.3, -0.25) is 4.79 Å². The lowest BCUT2D eigenvalue weighted by Gasteiger charge is -2.17. The topological polar surface area (TPSA) is 63.1 Å². The molecule has 0 unspecified atom stereocenters. The molecule has 0 aromatic carbocycles. The van der Waals surface area contributed by atoms with Crippen molar-refractivity contribution < 1.29 is 9.90 Å². The van der Waals surface area contributed by atoms with Gasteiger partial charge in [0.1, 0.15) is 5.82 Å². The van der Waals surface area contributed by atoms with Gasteiger partial charge in [0, 0.05) is 23.4 Å². The first-order valence-corrected chi connectivity index (χ1v) is 5.52. The number of nitrogens with zero attached hydrogens (tertiary/aromatic N) is 2. The molecule has 1 heterocycles. The zero-order valence-corrected chi connectivity index (χ0v) is 10.5. The molecule has 0 aliphatic carbocycles. The maximum atomic E-state index is 11.1. The van der Waals surface area contributed by atoms with Crippen molar-refractivity contribution in [1.82, 2.24) is 9.97 Å². The van der Waals surface area contributed by atoms with Crippen LogP contribution in [0.2, 0.25) is 0 Å². The van der Waals surface area contributed by atoms with Crippen LogP contribution in [0.5, 0.6) is 0 Å². The molecule has 4 nitrogen and oxygen atoms in total. The fourth-order valence-corrected chi connectivity index (χ4v) is 1.45. The second-order valence-electron chi connectivity index (χ2n) is 5.01. The summed E-state index contributed by atoms with van der Waals surface area (Å²) in [6.45, 7) is 9.60. The van der Waals surface area contributed by atoms with Crippen molar-refractivity contribution in [3.05, 3.63) is 36.4 Å². The molecule has 0 aliphatic rings. The lowest BCUT2D eigenvalue weighted by molar-refractivity contribution is -0.138. The molecule has 0 amide bonds. The fraction of sp³-hybridized carbons (Fsp3) is 0.462. The van der Waals surface area contributed by atoms with E-state index in [1.807, 2.05) is 20.8 Å². The van der Waals surface area contributed by atoms with Gasteiger partial charge in [-0.2, -0.15) is 0 Å². The SMILES string of the molecule is C=CC[C@H](C(=O)O)c1cnc(C(C)(C)C)nc1. The monoisotopic (exact) mass is 234 g/mol. The first-order chi connectivity index (χ1) is 7.86. The maximum Gasteiger partial charge on any atom is 0.311 e. The fourth-order valence-electron chi connectivity index (χ4n) is 1.45. The van der Waals surface area contributed by atoms with E-state index in [9.17, 15) is 4.79 Å². The summed E-state index contributed by atoms with van der Waals surface area (Å²) in [5.74, 6) is -0.775. The Bertz CT molecular complexity index is 404. The van der Waals surface area contributed by atoms with E-state index in [-0.39, 0.29) is 5.41 Å². The molecule has 0 radical (unpaired) electrons. The molecule has 1 N–H and O–H groups in total. The first kappa shape index (κ1) is 13.4. The standard InChI is InChI=1S/C13H18N2O2/c1-5-6-10(11(16)17)9-7-14-12(15-8-9)13(2,3)4/h5,7-8,10H,1,6H2,2-4H3,(H,16,17)/t10-/m0/s1. The molecule has 0 bridgehead atoms. The molecule has 17 heavy (non-hydrogen) atoms. The summed E-state index contributed by atoms with van der Waals surface area (Å²) in [5, 5.41) is 9.08. The third kappa shape index (κ3) is 3.37. The van der Waals surface area contributed by atoms with Gasteiger partial charge in [-0.25, -0.2) is 9.97 Å². The van der Waals surface area contributed by atoms with Gasteiger partial charge in [-0.15, -0.1) is 6.58 Å². The number of hydrogen-bond acceptors (Lipinski definition) is 3. The Morgan fingerprint density at radius 3 is 2.35 bits per heavy atom. The van der Waals surface area contributed by atoms with Crippen molar-refractivity contribution in [3.8, 4) is 0 Å². The molecule has 1 rings (SSSR count). The normalized spacial score (nSPS) is 13.1. The van der Waals surface area contributed by atoms with Gasteiger partial charge in [-0.05, 0) is 6.42 Å². The van der Waals surface area contributed by atoms with Gasteiger partial charge in [-0.1, -0.05) is 26.8 Å². The van der Waals surface area contributed by atoms with Crippen LogP contribution in [0.3, 0.4) is 0 Å². The molecule has 1 aromatic rings. The highest BCUT2D eigenvalue weighted by molar-refractivity contribution is 5.76. The zero-order valence-electron chi connectivity index (χ0n) is 10.5. The molecule has 0 aliphatic heterocycles. The van der Waals surface area contributed by atoms with Crippen LogP contribution < -0.4 is 0 Å². The Hall–Kier alpha value is -1.71. The second kappa shape index (κ2) is 5.08. The van der Waals surface area contributed by atoms with Crippen molar-refractivity contribution in [2.45, 2.75) is 38.5 Å². The van der Waals surface area contributed by atoms with Gasteiger partial charge >= 0.3 is 5.97 Å². The van der Waals surface area contributed by atoms with E-state index in [2.05, 4.69) is 16.5 Å². The summed E-state index contributed by atoms with van der Waals surface area (Å²) in [6, 6.07) is 0. The van der Waals surface area contributed by atoms with E-state index < -0.39 is 11.9 Å². The Balaban J connectivity index is 3.00. The van der Waals surface area contributed by atoms with Gasteiger partial charge in [0.25, 0.3) is 0 Å². The number of rotatable bonds is 4. The predicted octanol–water partition coefficient (Wildman–Crippen LogP) is 2.52. The number of hydrogen-bond donors (Lipinski definition) is 1. The summed E-state index contributed by atoms with van der Waals surface area (Å²) < 4.78 is 0. The summed E-state index contributed by atoms with van der Waals surface area (Å²) in [6.07, 6.45) is 5.16. The molecule has 1 aromatic heterocycles. The van der Waals surface area contributed by atoms with Gasteiger partial charge in [0.05, 0.1) is 5.92 Å². The molecule has 4 heteroatoms. The Kier molecular flexibility index (Phi) is 3.99. The molecule has 0 saturated heterocycles. The van der Waals surface area contributed by atoms with Crippen molar-refractivity contribution in [2.75, 3.05) is 0 Å². The van der Waals surface area contributed by atoms with Crippen molar-refractivity contribution in [1.29, 1.82) is 0 Å². The van der Waals surface area contributed by atoms with E-state index >= 15 is 0 Å². The molecule has 0 saturated carbocycles. The Morgan fingerprint density at radius 2 is 2.00 bits per heavy atom. The number of carboxylic acid groups (broad SMARTS) is 1. The lowest BCUT2D eigenvalue weighted by atomic mass is 9.94. The third-order valence-electron chi connectivity index (χ3n) is 2.45. The number of allylic oxidation sites excluding steroid dienone is 1. The van der Waals surface area contributed by atoms with Crippen molar-refractivity contribution in [3.63, 3.8) is 0 Å². The quantitative estimate of drug-likeness (QED) is 0.813. The van der Waals surface area contributed by atoms with Crippen LogP contribution in [0.25, 0.3) is 0 Å². The summed E-state index contributed by atoms with van der Waals surface area (Å²) >= 11 is 0.